The van der Waals surface area contributed by atoms with Gasteiger partial charge in [0.1, 0.15) is 0 Å². The van der Waals surface area contributed by atoms with E-state index in [1.54, 1.807) is 16.8 Å². The second kappa shape index (κ2) is 4.58. The Bertz CT molecular complexity index is 346. The third kappa shape index (κ3) is 2.67. The van der Waals surface area contributed by atoms with Gasteiger partial charge in [-0.3, -0.25) is 4.79 Å². The monoisotopic (exact) mass is 245 g/mol. The molecule has 0 bridgehead atoms. The first-order valence-corrected chi connectivity index (χ1v) is 4.92. The van der Waals surface area contributed by atoms with Crippen molar-refractivity contribution in [3.05, 3.63) is 32.7 Å². The van der Waals surface area contributed by atoms with Crippen LogP contribution in [0.25, 0.3) is 0 Å². The quantitative estimate of drug-likeness (QED) is 0.873. The van der Waals surface area contributed by atoms with Crippen molar-refractivity contribution in [1.29, 1.82) is 0 Å². The summed E-state index contributed by atoms with van der Waals surface area (Å²) in [6, 6.07) is 1.58. The maximum atomic E-state index is 11.4. The van der Waals surface area contributed by atoms with E-state index in [0.717, 1.165) is 10.0 Å². The number of hydrogen-bond donors (Lipinski definition) is 1. The van der Waals surface area contributed by atoms with E-state index in [4.69, 9.17) is 5.11 Å². The van der Waals surface area contributed by atoms with Crippen molar-refractivity contribution in [2.45, 2.75) is 19.9 Å². The number of aliphatic hydroxyl groups excluding tert-OH is 1. The zero-order valence-corrected chi connectivity index (χ0v) is 9.04. The Hall–Kier alpha value is -0.610. The molecule has 0 saturated heterocycles. The van der Waals surface area contributed by atoms with E-state index in [0.29, 0.717) is 13.0 Å². The Morgan fingerprint density at radius 3 is 2.92 bits per heavy atom. The minimum absolute atomic E-state index is 0.0193. The Balaban J connectivity index is 2.95. The van der Waals surface area contributed by atoms with Crippen molar-refractivity contribution < 1.29 is 5.11 Å². The predicted molar refractivity (Wildman–Crippen MR) is 54.8 cm³/mol. The lowest BCUT2D eigenvalue weighted by Crippen LogP contribution is -2.19. The molecular weight excluding hydrogens is 234 g/mol. The largest absolute Gasteiger partial charge is 0.396 e. The summed E-state index contributed by atoms with van der Waals surface area (Å²) in [6.07, 6.45) is 2.36. The maximum absolute atomic E-state index is 11.4. The van der Waals surface area contributed by atoms with Gasteiger partial charge in [-0.15, -0.1) is 0 Å². The van der Waals surface area contributed by atoms with Gasteiger partial charge in [-0.2, -0.15) is 0 Å². The van der Waals surface area contributed by atoms with E-state index >= 15 is 0 Å². The van der Waals surface area contributed by atoms with E-state index in [1.165, 1.54) is 0 Å². The molecule has 0 aliphatic carbocycles. The molecular formula is C9H12BrNO2. The van der Waals surface area contributed by atoms with E-state index in [2.05, 4.69) is 15.9 Å². The van der Waals surface area contributed by atoms with Crippen LogP contribution in [0, 0.1) is 6.92 Å². The zero-order chi connectivity index (χ0) is 9.84. The highest BCUT2D eigenvalue weighted by Gasteiger charge is 1.99. The molecule has 1 aromatic heterocycles. The van der Waals surface area contributed by atoms with Gasteiger partial charge in [0.25, 0.3) is 5.56 Å². The fraction of sp³-hybridized carbons (Fsp3) is 0.444. The molecule has 72 valence electrons. The van der Waals surface area contributed by atoms with Gasteiger partial charge < -0.3 is 9.67 Å². The van der Waals surface area contributed by atoms with Crippen LogP contribution >= 0.6 is 15.9 Å². The number of aliphatic hydroxyl groups is 1. The van der Waals surface area contributed by atoms with E-state index < -0.39 is 0 Å². The molecule has 0 aliphatic heterocycles. The highest BCUT2D eigenvalue weighted by atomic mass is 79.9. The summed E-state index contributed by atoms with van der Waals surface area (Å²) in [4.78, 5) is 11.4. The smallest absolute Gasteiger partial charge is 0.250 e. The summed E-state index contributed by atoms with van der Waals surface area (Å²) in [7, 11) is 0. The highest BCUT2D eigenvalue weighted by Crippen LogP contribution is 2.12. The first-order chi connectivity index (χ1) is 6.15. The van der Waals surface area contributed by atoms with E-state index in [-0.39, 0.29) is 12.2 Å². The summed E-state index contributed by atoms with van der Waals surface area (Å²) in [5.41, 5.74) is 0.916. The van der Waals surface area contributed by atoms with Gasteiger partial charge >= 0.3 is 0 Å². The van der Waals surface area contributed by atoms with Crippen LogP contribution in [0.3, 0.4) is 0 Å². The van der Waals surface area contributed by atoms with E-state index in [1.807, 2.05) is 6.92 Å². The Labute approximate surface area is 85.1 Å². The molecule has 13 heavy (non-hydrogen) atoms. The summed E-state index contributed by atoms with van der Waals surface area (Å²) >= 11 is 3.35. The molecule has 0 amide bonds. The minimum atomic E-state index is -0.0193. The number of hydrogen-bond acceptors (Lipinski definition) is 2. The number of aryl methyl sites for hydroxylation is 2. The first-order valence-electron chi connectivity index (χ1n) is 4.12. The first kappa shape index (κ1) is 10.5. The van der Waals surface area contributed by atoms with Crippen molar-refractivity contribution in [2.75, 3.05) is 6.61 Å². The average Bonchev–Trinajstić information content (AvgIpc) is 2.09. The zero-order valence-electron chi connectivity index (χ0n) is 7.46. The third-order valence-corrected chi connectivity index (χ3v) is 2.66. The molecule has 0 aliphatic rings. The topological polar surface area (TPSA) is 42.2 Å². The molecule has 0 radical (unpaired) electrons. The fourth-order valence-corrected chi connectivity index (χ4v) is 1.42. The molecule has 1 heterocycles. The van der Waals surface area contributed by atoms with Gasteiger partial charge in [0.05, 0.1) is 0 Å². The lowest BCUT2D eigenvalue weighted by molar-refractivity contribution is 0.279. The maximum Gasteiger partial charge on any atom is 0.250 e. The lowest BCUT2D eigenvalue weighted by Gasteiger charge is -2.05. The average molecular weight is 246 g/mol. The van der Waals surface area contributed by atoms with E-state index in [9.17, 15) is 4.79 Å². The van der Waals surface area contributed by atoms with Crippen molar-refractivity contribution in [3.8, 4) is 0 Å². The fourth-order valence-electron chi connectivity index (χ4n) is 1.06. The van der Waals surface area contributed by atoms with Crippen molar-refractivity contribution in [2.24, 2.45) is 0 Å². The van der Waals surface area contributed by atoms with Crippen LogP contribution in [0.5, 0.6) is 0 Å². The van der Waals surface area contributed by atoms with Crippen LogP contribution in [0.15, 0.2) is 21.5 Å². The second-order valence-corrected chi connectivity index (χ2v) is 3.77. The van der Waals surface area contributed by atoms with Gasteiger partial charge in [0.2, 0.25) is 0 Å². The predicted octanol–water partition coefficient (Wildman–Crippen LogP) is 1.30. The van der Waals surface area contributed by atoms with Crippen LogP contribution in [0.1, 0.15) is 12.0 Å². The third-order valence-electron chi connectivity index (χ3n) is 1.83. The Morgan fingerprint density at radius 1 is 1.62 bits per heavy atom. The molecule has 1 N–H and O–H groups in total. The summed E-state index contributed by atoms with van der Waals surface area (Å²) in [5.74, 6) is 0. The van der Waals surface area contributed by atoms with Crippen LogP contribution in [0.2, 0.25) is 0 Å². The van der Waals surface area contributed by atoms with Crippen molar-refractivity contribution in [3.63, 3.8) is 0 Å². The van der Waals surface area contributed by atoms with Crippen LogP contribution in [-0.2, 0) is 6.54 Å². The molecule has 0 aromatic carbocycles. The van der Waals surface area contributed by atoms with Crippen molar-refractivity contribution in [1.82, 2.24) is 4.57 Å². The molecule has 0 spiro atoms. The lowest BCUT2D eigenvalue weighted by atomic mass is 10.3. The number of rotatable bonds is 3. The van der Waals surface area contributed by atoms with Crippen LogP contribution < -0.4 is 5.56 Å². The van der Waals surface area contributed by atoms with Gasteiger partial charge in [0.15, 0.2) is 0 Å². The second-order valence-electron chi connectivity index (χ2n) is 2.91. The normalized spacial score (nSPS) is 10.4. The Morgan fingerprint density at radius 2 is 2.31 bits per heavy atom. The molecule has 0 saturated carbocycles. The summed E-state index contributed by atoms with van der Waals surface area (Å²) < 4.78 is 2.51. The molecule has 0 unspecified atom stereocenters. The Kier molecular flexibility index (Phi) is 3.69. The minimum Gasteiger partial charge on any atom is -0.396 e. The van der Waals surface area contributed by atoms with Crippen LogP contribution in [-0.4, -0.2) is 16.3 Å². The number of halogens is 1. The standard InChI is InChI=1S/C9H12BrNO2/c1-7-5-9(13)11(3-2-4-12)6-8(7)10/h5-6,12H,2-4H2,1H3. The SMILES string of the molecule is Cc1cc(=O)n(CCCO)cc1Br. The summed E-state index contributed by atoms with van der Waals surface area (Å²) in [5, 5.41) is 8.62. The van der Waals surface area contributed by atoms with Gasteiger partial charge in [-0.05, 0) is 34.8 Å². The molecule has 1 aromatic rings. The van der Waals surface area contributed by atoms with Gasteiger partial charge in [-0.25, -0.2) is 0 Å². The molecule has 0 fully saturated rings. The molecule has 3 nitrogen and oxygen atoms in total. The van der Waals surface area contributed by atoms with Crippen molar-refractivity contribution >= 4 is 15.9 Å². The van der Waals surface area contributed by atoms with Gasteiger partial charge in [0, 0.05) is 29.9 Å². The van der Waals surface area contributed by atoms with Gasteiger partial charge in [-0.1, -0.05) is 0 Å². The molecule has 4 heteroatoms. The number of aromatic nitrogens is 1. The molecule has 1 rings (SSSR count). The summed E-state index contributed by atoms with van der Waals surface area (Å²) in [6.45, 7) is 2.55. The molecule has 0 atom stereocenters. The highest BCUT2D eigenvalue weighted by molar-refractivity contribution is 9.10. The number of pyridine rings is 1. The number of nitrogens with zero attached hydrogens (tertiary/aromatic N) is 1. The van der Waals surface area contributed by atoms with Crippen LogP contribution in [0.4, 0.5) is 0 Å².